The highest BCUT2D eigenvalue weighted by Gasteiger charge is 2.37. The number of nitrogens with zero attached hydrogens (tertiary/aromatic N) is 3. The molecule has 2 aliphatic rings. The fourth-order valence-corrected chi connectivity index (χ4v) is 3.84. The number of anilines is 1. The number of pyridine rings is 1. The van der Waals surface area contributed by atoms with Crippen molar-refractivity contribution in [3.63, 3.8) is 0 Å². The van der Waals surface area contributed by atoms with E-state index in [1.54, 1.807) is 4.90 Å². The third-order valence-electron chi connectivity index (χ3n) is 5.16. The van der Waals surface area contributed by atoms with Crippen LogP contribution in [0.2, 0.25) is 0 Å². The molecule has 0 amide bonds. The molecule has 3 atom stereocenters. The van der Waals surface area contributed by atoms with E-state index in [9.17, 15) is 18.3 Å². The van der Waals surface area contributed by atoms with Crippen LogP contribution >= 0.6 is 0 Å². The van der Waals surface area contributed by atoms with Crippen LogP contribution in [0, 0.1) is 5.92 Å². The maximum absolute atomic E-state index is 13.2. The molecular formula is C17H24F3N3O. The highest BCUT2D eigenvalue weighted by Crippen LogP contribution is 2.37. The number of aromatic nitrogens is 1. The Labute approximate surface area is 140 Å². The second kappa shape index (κ2) is 6.88. The summed E-state index contributed by atoms with van der Waals surface area (Å²) in [7, 11) is 0. The van der Waals surface area contributed by atoms with Crippen LogP contribution in [-0.4, -0.2) is 53.3 Å². The summed E-state index contributed by atoms with van der Waals surface area (Å²) in [5.74, 6) is 0.389. The highest BCUT2D eigenvalue weighted by molar-refractivity contribution is 5.49. The molecule has 2 fully saturated rings. The van der Waals surface area contributed by atoms with Gasteiger partial charge in [-0.15, -0.1) is 0 Å². The number of piperidine rings is 1. The van der Waals surface area contributed by atoms with Gasteiger partial charge in [0.05, 0.1) is 11.7 Å². The lowest BCUT2D eigenvalue weighted by Gasteiger charge is -2.37. The average molecular weight is 343 g/mol. The minimum Gasteiger partial charge on any atom is -0.393 e. The lowest BCUT2D eigenvalue weighted by molar-refractivity contribution is -0.137. The highest BCUT2D eigenvalue weighted by atomic mass is 19.4. The predicted molar refractivity (Wildman–Crippen MR) is 85.8 cm³/mol. The number of aliphatic hydroxyl groups excluding tert-OH is 1. The van der Waals surface area contributed by atoms with Gasteiger partial charge in [-0.05, 0) is 44.2 Å². The minimum atomic E-state index is -4.38. The van der Waals surface area contributed by atoms with Gasteiger partial charge in [-0.25, -0.2) is 4.98 Å². The number of alkyl halides is 3. The molecule has 0 aliphatic carbocycles. The van der Waals surface area contributed by atoms with Crippen molar-refractivity contribution < 1.29 is 18.3 Å². The lowest BCUT2D eigenvalue weighted by Crippen LogP contribution is -2.45. The quantitative estimate of drug-likeness (QED) is 0.916. The van der Waals surface area contributed by atoms with Gasteiger partial charge in [0.1, 0.15) is 5.82 Å². The summed E-state index contributed by atoms with van der Waals surface area (Å²) in [5, 5.41) is 9.71. The Hall–Kier alpha value is -1.34. The van der Waals surface area contributed by atoms with E-state index in [1.165, 1.54) is 12.3 Å². The lowest BCUT2D eigenvalue weighted by atomic mass is 9.98. The zero-order valence-electron chi connectivity index (χ0n) is 13.8. The molecule has 1 aromatic heterocycles. The molecule has 0 aromatic carbocycles. The third-order valence-corrected chi connectivity index (χ3v) is 5.16. The molecule has 24 heavy (non-hydrogen) atoms. The molecule has 4 nitrogen and oxygen atoms in total. The van der Waals surface area contributed by atoms with E-state index >= 15 is 0 Å². The van der Waals surface area contributed by atoms with E-state index in [4.69, 9.17) is 0 Å². The average Bonchev–Trinajstić information content (AvgIpc) is 2.98. The van der Waals surface area contributed by atoms with Crippen molar-refractivity contribution in [1.82, 2.24) is 9.88 Å². The van der Waals surface area contributed by atoms with Gasteiger partial charge in [0.2, 0.25) is 0 Å². The Bertz CT molecular complexity index is 566. The molecule has 0 radical (unpaired) electrons. The van der Waals surface area contributed by atoms with Crippen molar-refractivity contribution in [2.75, 3.05) is 31.1 Å². The summed E-state index contributed by atoms with van der Waals surface area (Å²) in [5.41, 5.74) is -0.653. The second-order valence-electron chi connectivity index (χ2n) is 7.00. The SMILES string of the molecule is CC1CC(O)CCN1CC1CCN(c2ncccc2C(F)(F)F)C1. The molecule has 1 N–H and O–H groups in total. The molecule has 2 aliphatic heterocycles. The molecule has 0 saturated carbocycles. The first kappa shape index (κ1) is 17.5. The molecule has 7 heteroatoms. The number of rotatable bonds is 3. The summed E-state index contributed by atoms with van der Waals surface area (Å²) in [6, 6.07) is 2.76. The number of hydrogen-bond donors (Lipinski definition) is 1. The van der Waals surface area contributed by atoms with Crippen LogP contribution in [0.5, 0.6) is 0 Å². The van der Waals surface area contributed by atoms with Crippen LogP contribution in [0.15, 0.2) is 18.3 Å². The van der Waals surface area contributed by atoms with Crippen LogP contribution < -0.4 is 4.90 Å². The normalized spacial score (nSPS) is 29.2. The Morgan fingerprint density at radius 3 is 2.79 bits per heavy atom. The molecule has 3 unspecified atom stereocenters. The Morgan fingerprint density at radius 2 is 2.08 bits per heavy atom. The maximum Gasteiger partial charge on any atom is 0.419 e. The van der Waals surface area contributed by atoms with Gasteiger partial charge < -0.3 is 14.9 Å². The van der Waals surface area contributed by atoms with E-state index in [0.29, 0.717) is 25.0 Å². The van der Waals surface area contributed by atoms with Crippen molar-refractivity contribution in [1.29, 1.82) is 0 Å². The van der Waals surface area contributed by atoms with Gasteiger partial charge in [-0.3, -0.25) is 0 Å². The van der Waals surface area contributed by atoms with Crippen LogP contribution in [0.3, 0.4) is 0 Å². The fourth-order valence-electron chi connectivity index (χ4n) is 3.84. The molecule has 1 aromatic rings. The topological polar surface area (TPSA) is 39.6 Å². The third kappa shape index (κ3) is 3.83. The van der Waals surface area contributed by atoms with E-state index in [1.807, 2.05) is 0 Å². The first-order valence-corrected chi connectivity index (χ1v) is 8.54. The smallest absolute Gasteiger partial charge is 0.393 e. The summed E-state index contributed by atoms with van der Waals surface area (Å²) in [6.07, 6.45) is -0.752. The molecule has 3 rings (SSSR count). The van der Waals surface area contributed by atoms with Gasteiger partial charge in [-0.1, -0.05) is 0 Å². The first-order chi connectivity index (χ1) is 11.3. The standard InChI is InChI=1S/C17H24F3N3O/c1-12-9-14(24)5-8-22(12)10-13-4-7-23(11-13)16-15(17(18,19)20)3-2-6-21-16/h2-3,6,12-14,24H,4-5,7-11H2,1H3. The Kier molecular flexibility index (Phi) is 5.01. The largest absolute Gasteiger partial charge is 0.419 e. The molecule has 2 saturated heterocycles. The summed E-state index contributed by atoms with van der Waals surface area (Å²) >= 11 is 0. The summed E-state index contributed by atoms with van der Waals surface area (Å²) < 4.78 is 39.5. The summed E-state index contributed by atoms with van der Waals surface area (Å²) in [4.78, 5) is 8.10. The van der Waals surface area contributed by atoms with E-state index in [0.717, 1.165) is 38.4 Å². The van der Waals surface area contributed by atoms with Crippen molar-refractivity contribution in [3.05, 3.63) is 23.9 Å². The minimum absolute atomic E-state index is 0.0506. The van der Waals surface area contributed by atoms with Crippen LogP contribution in [0.25, 0.3) is 0 Å². The van der Waals surface area contributed by atoms with Gasteiger partial charge in [-0.2, -0.15) is 13.2 Å². The van der Waals surface area contributed by atoms with Crippen molar-refractivity contribution in [2.24, 2.45) is 5.92 Å². The molecule has 0 bridgehead atoms. The zero-order valence-corrected chi connectivity index (χ0v) is 13.8. The predicted octanol–water partition coefficient (Wildman–Crippen LogP) is 2.77. The molecule has 0 spiro atoms. The van der Waals surface area contributed by atoms with Crippen molar-refractivity contribution in [2.45, 2.75) is 44.5 Å². The first-order valence-electron chi connectivity index (χ1n) is 8.54. The van der Waals surface area contributed by atoms with Crippen LogP contribution in [0.4, 0.5) is 19.0 Å². The maximum atomic E-state index is 13.2. The summed E-state index contributed by atoms with van der Waals surface area (Å²) in [6.45, 7) is 5.05. The van der Waals surface area contributed by atoms with Crippen LogP contribution in [0.1, 0.15) is 31.7 Å². The number of halogens is 3. The second-order valence-corrected chi connectivity index (χ2v) is 7.00. The van der Waals surface area contributed by atoms with Gasteiger partial charge in [0.15, 0.2) is 0 Å². The molecule has 134 valence electrons. The number of hydrogen-bond acceptors (Lipinski definition) is 4. The number of aliphatic hydroxyl groups is 1. The van der Waals surface area contributed by atoms with Crippen LogP contribution in [-0.2, 0) is 6.18 Å². The van der Waals surface area contributed by atoms with Gasteiger partial charge in [0.25, 0.3) is 0 Å². The zero-order chi connectivity index (χ0) is 17.3. The van der Waals surface area contributed by atoms with Crippen molar-refractivity contribution >= 4 is 5.82 Å². The van der Waals surface area contributed by atoms with Gasteiger partial charge in [0, 0.05) is 38.4 Å². The fraction of sp³-hybridized carbons (Fsp3) is 0.706. The van der Waals surface area contributed by atoms with Gasteiger partial charge >= 0.3 is 6.18 Å². The Morgan fingerprint density at radius 1 is 1.29 bits per heavy atom. The van der Waals surface area contributed by atoms with E-state index in [2.05, 4.69) is 16.8 Å². The molecular weight excluding hydrogens is 319 g/mol. The molecule has 3 heterocycles. The Balaban J connectivity index is 1.64. The monoisotopic (exact) mass is 343 g/mol. The van der Waals surface area contributed by atoms with E-state index in [-0.39, 0.29) is 11.9 Å². The van der Waals surface area contributed by atoms with E-state index < -0.39 is 11.7 Å². The number of likely N-dealkylation sites (tertiary alicyclic amines) is 1. The van der Waals surface area contributed by atoms with Crippen molar-refractivity contribution in [3.8, 4) is 0 Å².